The summed E-state index contributed by atoms with van der Waals surface area (Å²) < 4.78 is 5.35. The highest BCUT2D eigenvalue weighted by molar-refractivity contribution is 8.00. The normalized spacial score (nSPS) is 11.8. The first kappa shape index (κ1) is 29.4. The Morgan fingerprint density at radius 2 is 1.35 bits per heavy atom. The number of hydrogen-bond acceptors (Lipinski definition) is 5. The maximum Gasteiger partial charge on any atom is 0.272 e. The number of anilines is 2. The second-order valence-electron chi connectivity index (χ2n) is 9.28. The van der Waals surface area contributed by atoms with E-state index in [0.717, 1.165) is 10.5 Å². The molecule has 0 aliphatic rings. The Labute approximate surface area is 258 Å². The van der Waals surface area contributed by atoms with Crippen molar-refractivity contribution < 1.29 is 18.8 Å². The minimum Gasteiger partial charge on any atom is -0.465 e. The Morgan fingerprint density at radius 3 is 2.00 bits per heavy atom. The van der Waals surface area contributed by atoms with Gasteiger partial charge in [-0.3, -0.25) is 14.4 Å². The number of nitrogens with one attached hydrogen (secondary N) is 3. The molecule has 0 saturated carbocycles. The standard InChI is InChI=1S/C34H26ClN3O4S/c35-25-13-15-26(16-14-25)37-34(41)31(23-8-3-1-4-9-23)43-29-19-17-27(18-20-29)36-33(40)30(22-28-12-7-21-42-28)38-32(39)24-10-5-2-6-11-24/h1-22,31H,(H,36,40)(H,37,41)(H,38,39)/b30-22-. The summed E-state index contributed by atoms with van der Waals surface area (Å²) in [5.41, 5.74) is 2.43. The average Bonchev–Trinajstić information content (AvgIpc) is 3.55. The highest BCUT2D eigenvalue weighted by Gasteiger charge is 2.22. The summed E-state index contributed by atoms with van der Waals surface area (Å²) in [7, 11) is 0. The van der Waals surface area contributed by atoms with E-state index < -0.39 is 17.1 Å². The van der Waals surface area contributed by atoms with Crippen molar-refractivity contribution in [2.45, 2.75) is 10.1 Å². The Hall–Kier alpha value is -5.05. The van der Waals surface area contributed by atoms with Gasteiger partial charge in [0, 0.05) is 32.9 Å². The van der Waals surface area contributed by atoms with E-state index in [4.69, 9.17) is 16.0 Å². The Bertz CT molecular complexity index is 1710. The van der Waals surface area contributed by atoms with Crippen LogP contribution in [0.25, 0.3) is 6.08 Å². The minimum atomic E-state index is -0.534. The summed E-state index contributed by atoms with van der Waals surface area (Å²) in [4.78, 5) is 40.2. The largest absolute Gasteiger partial charge is 0.465 e. The third-order valence-electron chi connectivity index (χ3n) is 6.18. The lowest BCUT2D eigenvalue weighted by molar-refractivity contribution is -0.116. The molecular formula is C34H26ClN3O4S. The number of halogens is 1. The summed E-state index contributed by atoms with van der Waals surface area (Å²) in [6.07, 6.45) is 2.94. The molecule has 1 aromatic heterocycles. The van der Waals surface area contributed by atoms with Crippen LogP contribution in [0, 0.1) is 0 Å². The lowest BCUT2D eigenvalue weighted by Crippen LogP contribution is -2.30. The van der Waals surface area contributed by atoms with Gasteiger partial charge in [0.2, 0.25) is 5.91 Å². The molecule has 3 N–H and O–H groups in total. The molecule has 5 rings (SSSR count). The van der Waals surface area contributed by atoms with Crippen molar-refractivity contribution in [2.75, 3.05) is 10.6 Å². The number of rotatable bonds is 10. The van der Waals surface area contributed by atoms with Crippen LogP contribution in [-0.4, -0.2) is 17.7 Å². The minimum absolute atomic E-state index is 0.0188. The van der Waals surface area contributed by atoms with Gasteiger partial charge >= 0.3 is 0 Å². The molecule has 4 aromatic carbocycles. The van der Waals surface area contributed by atoms with Crippen molar-refractivity contribution in [2.24, 2.45) is 0 Å². The molecule has 0 saturated heterocycles. The molecule has 7 nitrogen and oxygen atoms in total. The fourth-order valence-corrected chi connectivity index (χ4v) is 5.20. The molecule has 1 atom stereocenters. The lowest BCUT2D eigenvalue weighted by Gasteiger charge is -2.17. The number of amides is 3. The van der Waals surface area contributed by atoms with E-state index in [0.29, 0.717) is 27.7 Å². The molecule has 0 aliphatic carbocycles. The second-order valence-corrected chi connectivity index (χ2v) is 10.9. The number of thioether (sulfide) groups is 1. The van der Waals surface area contributed by atoms with Gasteiger partial charge in [-0.1, -0.05) is 60.1 Å². The van der Waals surface area contributed by atoms with Crippen molar-refractivity contribution in [3.8, 4) is 0 Å². The third kappa shape index (κ3) is 8.25. The van der Waals surface area contributed by atoms with Gasteiger partial charge in [0.25, 0.3) is 11.8 Å². The predicted molar refractivity (Wildman–Crippen MR) is 171 cm³/mol. The Morgan fingerprint density at radius 1 is 0.721 bits per heavy atom. The van der Waals surface area contributed by atoms with Gasteiger partial charge in [0.15, 0.2) is 0 Å². The van der Waals surface area contributed by atoms with E-state index in [-0.39, 0.29) is 11.6 Å². The SMILES string of the molecule is O=C(Nc1ccc(SC(C(=O)Nc2ccc(Cl)cc2)c2ccccc2)cc1)/C(=C/c1ccco1)NC(=O)c1ccccc1. The first-order valence-electron chi connectivity index (χ1n) is 13.3. The van der Waals surface area contributed by atoms with Gasteiger partial charge in [-0.15, -0.1) is 11.8 Å². The monoisotopic (exact) mass is 607 g/mol. The first-order valence-corrected chi connectivity index (χ1v) is 14.5. The number of benzene rings is 4. The summed E-state index contributed by atoms with van der Waals surface area (Å²) in [5.74, 6) is -0.721. The van der Waals surface area contributed by atoms with Crippen LogP contribution in [0.4, 0.5) is 11.4 Å². The van der Waals surface area contributed by atoms with Crippen molar-refractivity contribution in [1.82, 2.24) is 5.32 Å². The summed E-state index contributed by atoms with van der Waals surface area (Å²) >= 11 is 7.37. The number of hydrogen-bond donors (Lipinski definition) is 3. The fraction of sp³-hybridized carbons (Fsp3) is 0.0294. The molecule has 214 valence electrons. The van der Waals surface area contributed by atoms with E-state index in [2.05, 4.69) is 16.0 Å². The summed E-state index contributed by atoms with van der Waals surface area (Å²) in [6.45, 7) is 0. The Kier molecular flexibility index (Phi) is 9.74. The molecule has 1 heterocycles. The van der Waals surface area contributed by atoms with Crippen molar-refractivity contribution in [3.63, 3.8) is 0 Å². The highest BCUT2D eigenvalue weighted by atomic mass is 35.5. The molecule has 1 unspecified atom stereocenters. The van der Waals surface area contributed by atoms with Crippen LogP contribution in [0.1, 0.15) is 26.9 Å². The van der Waals surface area contributed by atoms with E-state index in [9.17, 15) is 14.4 Å². The molecule has 0 bridgehead atoms. The molecule has 9 heteroatoms. The first-order chi connectivity index (χ1) is 20.9. The maximum atomic E-state index is 13.3. The van der Waals surface area contributed by atoms with Crippen molar-refractivity contribution >= 4 is 58.5 Å². The fourth-order valence-electron chi connectivity index (χ4n) is 4.05. The smallest absolute Gasteiger partial charge is 0.272 e. The van der Waals surface area contributed by atoms with Crippen LogP contribution >= 0.6 is 23.4 Å². The van der Waals surface area contributed by atoms with Crippen molar-refractivity contribution in [3.05, 3.63) is 155 Å². The average molecular weight is 608 g/mol. The zero-order valence-corrected chi connectivity index (χ0v) is 24.3. The topological polar surface area (TPSA) is 100 Å². The van der Waals surface area contributed by atoms with Gasteiger partial charge < -0.3 is 20.4 Å². The van der Waals surface area contributed by atoms with Gasteiger partial charge in [0.1, 0.15) is 16.7 Å². The van der Waals surface area contributed by atoms with Crippen LogP contribution in [0.15, 0.2) is 143 Å². The molecule has 43 heavy (non-hydrogen) atoms. The predicted octanol–water partition coefficient (Wildman–Crippen LogP) is 7.81. The molecule has 0 fully saturated rings. The van der Waals surface area contributed by atoms with Crippen LogP contribution in [0.2, 0.25) is 5.02 Å². The molecule has 0 radical (unpaired) electrons. The van der Waals surface area contributed by atoms with E-state index >= 15 is 0 Å². The van der Waals surface area contributed by atoms with Gasteiger partial charge in [-0.05, 0) is 78.4 Å². The van der Waals surface area contributed by atoms with Gasteiger partial charge in [-0.25, -0.2) is 0 Å². The van der Waals surface area contributed by atoms with Gasteiger partial charge in [0.05, 0.1) is 6.26 Å². The van der Waals surface area contributed by atoms with Crippen LogP contribution in [0.3, 0.4) is 0 Å². The van der Waals surface area contributed by atoms with Gasteiger partial charge in [-0.2, -0.15) is 0 Å². The highest BCUT2D eigenvalue weighted by Crippen LogP contribution is 2.37. The summed E-state index contributed by atoms with van der Waals surface area (Å²) in [5, 5.41) is 8.51. The maximum absolute atomic E-state index is 13.3. The third-order valence-corrected chi connectivity index (χ3v) is 7.70. The van der Waals surface area contributed by atoms with Crippen molar-refractivity contribution in [1.29, 1.82) is 0 Å². The zero-order chi connectivity index (χ0) is 30.0. The van der Waals surface area contributed by atoms with Crippen LogP contribution in [-0.2, 0) is 9.59 Å². The molecular weight excluding hydrogens is 582 g/mol. The number of carbonyl (C=O) groups is 3. The zero-order valence-electron chi connectivity index (χ0n) is 22.7. The summed E-state index contributed by atoms with van der Waals surface area (Å²) in [6, 6.07) is 35.5. The molecule has 0 aliphatic heterocycles. The lowest BCUT2D eigenvalue weighted by atomic mass is 10.1. The molecule has 3 amide bonds. The van der Waals surface area contributed by atoms with Crippen LogP contribution < -0.4 is 16.0 Å². The number of furan rings is 1. The van der Waals surface area contributed by atoms with E-state index in [1.54, 1.807) is 78.9 Å². The quantitative estimate of drug-likeness (QED) is 0.111. The second kappa shape index (κ2) is 14.2. The molecule has 0 spiro atoms. The Balaban J connectivity index is 1.30. The van der Waals surface area contributed by atoms with E-state index in [1.807, 2.05) is 42.5 Å². The van der Waals surface area contributed by atoms with E-state index in [1.165, 1.54) is 24.1 Å². The van der Waals surface area contributed by atoms with Crippen LogP contribution in [0.5, 0.6) is 0 Å². The number of carbonyl (C=O) groups excluding carboxylic acids is 3. The molecule has 5 aromatic rings.